The third-order valence-electron chi connectivity index (χ3n) is 5.37. The van der Waals surface area contributed by atoms with Gasteiger partial charge in [-0.05, 0) is 48.9 Å². The highest BCUT2D eigenvalue weighted by atomic mass is 19.4. The lowest BCUT2D eigenvalue weighted by molar-refractivity contribution is -0.137. The molecule has 1 aromatic carbocycles. The number of benzene rings is 1. The zero-order chi connectivity index (χ0) is 22.6. The molecule has 3 rings (SSSR count). The highest BCUT2D eigenvalue weighted by molar-refractivity contribution is 5.96. The Labute approximate surface area is 180 Å². The molecular weight excluding hydrogens is 407 g/mol. The van der Waals surface area contributed by atoms with Crippen LogP contribution in [0.3, 0.4) is 0 Å². The highest BCUT2D eigenvalue weighted by Crippen LogP contribution is 2.35. The first-order valence-corrected chi connectivity index (χ1v) is 10.5. The van der Waals surface area contributed by atoms with Gasteiger partial charge < -0.3 is 15.3 Å². The van der Waals surface area contributed by atoms with E-state index in [9.17, 15) is 23.1 Å². The summed E-state index contributed by atoms with van der Waals surface area (Å²) in [5, 5.41) is 12.4. The molecule has 1 atom stereocenters. The van der Waals surface area contributed by atoms with Gasteiger partial charge in [0.25, 0.3) is 5.91 Å². The van der Waals surface area contributed by atoms with Gasteiger partial charge in [0.2, 0.25) is 0 Å². The van der Waals surface area contributed by atoms with E-state index < -0.39 is 11.7 Å². The Bertz CT molecular complexity index is 892. The zero-order valence-corrected chi connectivity index (χ0v) is 17.7. The van der Waals surface area contributed by atoms with Crippen molar-refractivity contribution in [2.75, 3.05) is 24.6 Å². The minimum atomic E-state index is -4.41. The number of carbonyl (C=O) groups excluding carboxylic acids is 1. The smallest absolute Gasteiger partial charge is 0.394 e. The molecule has 0 spiro atoms. The van der Waals surface area contributed by atoms with E-state index in [0.717, 1.165) is 38.1 Å². The normalized spacial score (nSPS) is 15.4. The van der Waals surface area contributed by atoms with Crippen LogP contribution in [-0.4, -0.2) is 41.7 Å². The van der Waals surface area contributed by atoms with Gasteiger partial charge >= 0.3 is 6.18 Å². The van der Waals surface area contributed by atoms with Crippen molar-refractivity contribution in [1.82, 2.24) is 10.3 Å². The third-order valence-corrected chi connectivity index (χ3v) is 5.37. The lowest BCUT2D eigenvalue weighted by Gasteiger charge is -2.22. The lowest BCUT2D eigenvalue weighted by atomic mass is 10.0. The predicted octanol–water partition coefficient (Wildman–Crippen LogP) is 4.50. The average Bonchev–Trinajstić information content (AvgIpc) is 3.26. The molecule has 1 saturated heterocycles. The Morgan fingerprint density at radius 1 is 1.19 bits per heavy atom. The number of rotatable bonds is 7. The largest absolute Gasteiger partial charge is 0.416 e. The van der Waals surface area contributed by atoms with Crippen molar-refractivity contribution >= 4 is 11.7 Å². The van der Waals surface area contributed by atoms with E-state index in [1.165, 1.54) is 18.3 Å². The van der Waals surface area contributed by atoms with Crippen molar-refractivity contribution in [1.29, 1.82) is 0 Å². The topological polar surface area (TPSA) is 65.5 Å². The number of amides is 1. The molecule has 8 heteroatoms. The van der Waals surface area contributed by atoms with E-state index in [1.807, 2.05) is 13.8 Å². The maximum absolute atomic E-state index is 13.0. The summed E-state index contributed by atoms with van der Waals surface area (Å²) in [5.74, 6) is 0.596. The summed E-state index contributed by atoms with van der Waals surface area (Å²) in [5.41, 5.74) is 0.769. The molecule has 1 unspecified atom stereocenters. The number of hydrogen-bond acceptors (Lipinski definition) is 4. The van der Waals surface area contributed by atoms with Crippen molar-refractivity contribution in [3.8, 4) is 11.1 Å². The van der Waals surface area contributed by atoms with Gasteiger partial charge in [0.05, 0.1) is 23.8 Å². The van der Waals surface area contributed by atoms with Gasteiger partial charge in [-0.2, -0.15) is 13.2 Å². The summed E-state index contributed by atoms with van der Waals surface area (Å²) in [6, 6.07) is 6.20. The van der Waals surface area contributed by atoms with E-state index in [2.05, 4.69) is 15.2 Å². The van der Waals surface area contributed by atoms with Crippen molar-refractivity contribution in [2.24, 2.45) is 5.92 Å². The molecule has 1 aliphatic rings. The molecule has 1 amide bonds. The van der Waals surface area contributed by atoms with Gasteiger partial charge in [0.1, 0.15) is 5.82 Å². The maximum Gasteiger partial charge on any atom is 0.416 e. The standard InChI is InChI=1S/C23H28F3N3O2/c1-15(2)11-19(14-30)28-22(31)17-12-20(21(27-13-17)29-9-3-4-10-29)16-5-7-18(8-6-16)23(24,25)26/h5-8,12-13,15,19,30H,3-4,9-11,14H2,1-2H3,(H,28,31). The molecule has 2 aromatic rings. The molecule has 2 N–H and O–H groups in total. The SMILES string of the molecule is CC(C)CC(CO)NC(=O)c1cnc(N2CCCC2)c(-c2ccc(C(F)(F)F)cc2)c1. The molecule has 0 bridgehead atoms. The molecule has 1 aliphatic heterocycles. The Morgan fingerprint density at radius 3 is 2.39 bits per heavy atom. The fraction of sp³-hybridized carbons (Fsp3) is 0.478. The van der Waals surface area contributed by atoms with Crippen LogP contribution in [0.2, 0.25) is 0 Å². The van der Waals surface area contributed by atoms with Crippen LogP contribution >= 0.6 is 0 Å². The number of nitrogens with one attached hydrogen (secondary N) is 1. The number of anilines is 1. The predicted molar refractivity (Wildman–Crippen MR) is 114 cm³/mol. The number of pyridine rings is 1. The molecule has 0 aliphatic carbocycles. The number of alkyl halides is 3. The van der Waals surface area contributed by atoms with Gasteiger partial charge in [0, 0.05) is 24.8 Å². The Balaban J connectivity index is 1.94. The summed E-state index contributed by atoms with van der Waals surface area (Å²) < 4.78 is 38.9. The minimum absolute atomic E-state index is 0.172. The number of carbonyl (C=O) groups is 1. The highest BCUT2D eigenvalue weighted by Gasteiger charge is 2.30. The molecule has 1 fully saturated rings. The van der Waals surface area contributed by atoms with Crippen LogP contribution in [0.1, 0.15) is 49.0 Å². The van der Waals surface area contributed by atoms with Crippen molar-refractivity contribution in [3.05, 3.63) is 47.7 Å². The fourth-order valence-corrected chi connectivity index (χ4v) is 3.83. The monoisotopic (exact) mass is 435 g/mol. The van der Waals surface area contributed by atoms with Gasteiger partial charge in [0.15, 0.2) is 0 Å². The Hall–Kier alpha value is -2.61. The van der Waals surface area contributed by atoms with E-state index in [0.29, 0.717) is 34.8 Å². The van der Waals surface area contributed by atoms with Crippen molar-refractivity contribution in [2.45, 2.75) is 45.3 Å². The van der Waals surface area contributed by atoms with Crippen LogP contribution in [-0.2, 0) is 6.18 Å². The van der Waals surface area contributed by atoms with Crippen LogP contribution in [0.25, 0.3) is 11.1 Å². The van der Waals surface area contributed by atoms with Gasteiger partial charge in [-0.3, -0.25) is 4.79 Å². The molecule has 0 saturated carbocycles. The van der Waals surface area contributed by atoms with Crippen molar-refractivity contribution in [3.63, 3.8) is 0 Å². The summed E-state index contributed by atoms with van der Waals surface area (Å²) in [4.78, 5) is 19.4. The summed E-state index contributed by atoms with van der Waals surface area (Å²) in [6.45, 7) is 5.46. The number of hydrogen-bond donors (Lipinski definition) is 2. The number of aliphatic hydroxyl groups is 1. The number of halogens is 3. The molecule has 168 valence electrons. The number of aromatic nitrogens is 1. The first-order chi connectivity index (χ1) is 14.7. The Morgan fingerprint density at radius 2 is 1.84 bits per heavy atom. The minimum Gasteiger partial charge on any atom is -0.394 e. The second kappa shape index (κ2) is 9.68. The number of aliphatic hydroxyl groups excluding tert-OH is 1. The third kappa shape index (κ3) is 5.76. The van der Waals surface area contributed by atoms with E-state index >= 15 is 0 Å². The zero-order valence-electron chi connectivity index (χ0n) is 17.7. The molecule has 0 radical (unpaired) electrons. The molecule has 2 heterocycles. The quantitative estimate of drug-likeness (QED) is 0.672. The molecule has 5 nitrogen and oxygen atoms in total. The van der Waals surface area contributed by atoms with Crippen LogP contribution in [0.15, 0.2) is 36.5 Å². The molecule has 31 heavy (non-hydrogen) atoms. The summed E-state index contributed by atoms with van der Waals surface area (Å²) >= 11 is 0. The first-order valence-electron chi connectivity index (χ1n) is 10.5. The number of nitrogens with zero attached hydrogens (tertiary/aromatic N) is 2. The van der Waals surface area contributed by atoms with Crippen LogP contribution < -0.4 is 10.2 Å². The van der Waals surface area contributed by atoms with E-state index in [4.69, 9.17) is 0 Å². The van der Waals surface area contributed by atoms with Gasteiger partial charge in [-0.15, -0.1) is 0 Å². The fourth-order valence-electron chi connectivity index (χ4n) is 3.83. The molecular formula is C23H28F3N3O2. The summed E-state index contributed by atoms with van der Waals surface area (Å²) in [7, 11) is 0. The Kier molecular flexibility index (Phi) is 7.20. The second-order valence-electron chi connectivity index (χ2n) is 8.35. The van der Waals surface area contributed by atoms with E-state index in [1.54, 1.807) is 6.07 Å². The lowest BCUT2D eigenvalue weighted by Crippen LogP contribution is -2.38. The van der Waals surface area contributed by atoms with Crippen LogP contribution in [0.4, 0.5) is 19.0 Å². The first kappa shape index (κ1) is 23.1. The van der Waals surface area contributed by atoms with Crippen molar-refractivity contribution < 1.29 is 23.1 Å². The van der Waals surface area contributed by atoms with Crippen LogP contribution in [0.5, 0.6) is 0 Å². The van der Waals surface area contributed by atoms with E-state index in [-0.39, 0.29) is 18.6 Å². The van der Waals surface area contributed by atoms with Gasteiger partial charge in [-0.1, -0.05) is 26.0 Å². The van der Waals surface area contributed by atoms with Gasteiger partial charge in [-0.25, -0.2) is 4.98 Å². The second-order valence-corrected chi connectivity index (χ2v) is 8.35. The summed E-state index contributed by atoms with van der Waals surface area (Å²) in [6.07, 6.45) is -0.257. The maximum atomic E-state index is 13.0. The molecule has 1 aromatic heterocycles. The van der Waals surface area contributed by atoms with Crippen LogP contribution in [0, 0.1) is 5.92 Å². The average molecular weight is 435 g/mol.